The zero-order valence-electron chi connectivity index (χ0n) is 16.0. The highest BCUT2D eigenvalue weighted by Gasteiger charge is 2.34. The van der Waals surface area contributed by atoms with Crippen molar-refractivity contribution >= 4 is 40.6 Å². The topological polar surface area (TPSA) is 20.3 Å². The normalized spacial score (nSPS) is 12.4. The second kappa shape index (κ2) is 8.02. The summed E-state index contributed by atoms with van der Waals surface area (Å²) in [6.45, 7) is 0. The fourth-order valence-electron chi connectivity index (χ4n) is 3.86. The SMILES string of the molecule is O=C(C(c1ccccc1)c1ccccc1)N1c2ccccc2Sc2ccc(Cl)cc21. The summed E-state index contributed by atoms with van der Waals surface area (Å²) in [5.74, 6) is -0.418. The van der Waals surface area contributed by atoms with Gasteiger partial charge < -0.3 is 0 Å². The van der Waals surface area contributed by atoms with E-state index in [0.717, 1.165) is 32.3 Å². The van der Waals surface area contributed by atoms with Crippen LogP contribution < -0.4 is 4.90 Å². The Balaban J connectivity index is 1.70. The monoisotopic (exact) mass is 427 g/mol. The zero-order valence-corrected chi connectivity index (χ0v) is 17.6. The van der Waals surface area contributed by atoms with E-state index in [4.69, 9.17) is 11.6 Å². The van der Waals surface area contributed by atoms with Crippen molar-refractivity contribution in [3.05, 3.63) is 119 Å². The number of carbonyl (C=O) groups is 1. The van der Waals surface area contributed by atoms with Crippen LogP contribution in [0.25, 0.3) is 0 Å². The third-order valence-corrected chi connectivity index (χ3v) is 6.59. The minimum atomic E-state index is -0.421. The average Bonchev–Trinajstić information content (AvgIpc) is 2.79. The molecule has 0 saturated heterocycles. The fourth-order valence-corrected chi connectivity index (χ4v) is 5.07. The van der Waals surface area contributed by atoms with Crippen molar-refractivity contribution in [1.82, 2.24) is 0 Å². The number of amides is 1. The largest absolute Gasteiger partial charge is 0.278 e. The van der Waals surface area contributed by atoms with Crippen LogP contribution in [0, 0.1) is 0 Å². The Bertz CT molecular complexity index is 1170. The Labute approximate surface area is 185 Å². The molecule has 0 aromatic heterocycles. The second-order valence-corrected chi connectivity index (χ2v) is 8.63. The lowest BCUT2D eigenvalue weighted by atomic mass is 9.89. The summed E-state index contributed by atoms with van der Waals surface area (Å²) in [5, 5.41) is 0.613. The van der Waals surface area contributed by atoms with Gasteiger partial charge in [-0.3, -0.25) is 9.69 Å². The maximum atomic E-state index is 14.2. The summed E-state index contributed by atoms with van der Waals surface area (Å²) >= 11 is 8.00. The van der Waals surface area contributed by atoms with E-state index >= 15 is 0 Å². The van der Waals surface area contributed by atoms with Crippen molar-refractivity contribution in [2.45, 2.75) is 15.7 Å². The molecule has 0 aliphatic carbocycles. The number of carbonyl (C=O) groups excluding carboxylic acids is 1. The molecule has 0 atom stereocenters. The van der Waals surface area contributed by atoms with Crippen LogP contribution in [-0.2, 0) is 4.79 Å². The average molecular weight is 428 g/mol. The predicted molar refractivity (Wildman–Crippen MR) is 124 cm³/mol. The van der Waals surface area contributed by atoms with Gasteiger partial charge in [0.2, 0.25) is 5.91 Å². The Morgan fingerprint density at radius 3 is 1.93 bits per heavy atom. The molecule has 1 aliphatic heterocycles. The quantitative estimate of drug-likeness (QED) is 0.342. The third-order valence-electron chi connectivity index (χ3n) is 5.22. The maximum Gasteiger partial charge on any atom is 0.243 e. The first-order chi connectivity index (χ1) is 14.7. The van der Waals surface area contributed by atoms with Crippen LogP contribution in [0.3, 0.4) is 0 Å². The lowest BCUT2D eigenvalue weighted by Crippen LogP contribution is -2.33. The van der Waals surface area contributed by atoms with Gasteiger partial charge in [0.25, 0.3) is 0 Å². The number of para-hydroxylation sites is 1. The smallest absolute Gasteiger partial charge is 0.243 e. The molecule has 0 saturated carbocycles. The molecule has 4 aromatic carbocycles. The van der Waals surface area contributed by atoms with E-state index in [0.29, 0.717) is 5.02 Å². The summed E-state index contributed by atoms with van der Waals surface area (Å²) in [5.41, 5.74) is 3.65. The van der Waals surface area contributed by atoms with E-state index in [9.17, 15) is 4.79 Å². The van der Waals surface area contributed by atoms with Gasteiger partial charge in [-0.2, -0.15) is 0 Å². The van der Waals surface area contributed by atoms with E-state index in [1.807, 2.05) is 102 Å². The minimum absolute atomic E-state index is 0.00340. The lowest BCUT2D eigenvalue weighted by Gasteiger charge is -2.34. The standard InChI is InChI=1S/C26H18ClNOS/c27-20-15-16-24-22(17-20)28(21-13-7-8-14-23(21)30-24)26(29)25(18-9-3-1-4-10-18)19-11-5-2-6-12-19/h1-17,25H. The molecule has 4 aromatic rings. The van der Waals surface area contributed by atoms with Crippen LogP contribution in [0.5, 0.6) is 0 Å². The molecule has 2 nitrogen and oxygen atoms in total. The summed E-state index contributed by atoms with van der Waals surface area (Å²) in [7, 11) is 0. The number of anilines is 2. The van der Waals surface area contributed by atoms with Crippen LogP contribution in [0.15, 0.2) is 113 Å². The molecule has 1 aliphatic rings. The lowest BCUT2D eigenvalue weighted by molar-refractivity contribution is -0.118. The molecule has 1 amide bonds. The van der Waals surface area contributed by atoms with Crippen molar-refractivity contribution in [1.29, 1.82) is 0 Å². The predicted octanol–water partition coefficient (Wildman–Crippen LogP) is 7.30. The number of hydrogen-bond acceptors (Lipinski definition) is 2. The molecule has 0 radical (unpaired) electrons. The van der Waals surface area contributed by atoms with E-state index in [-0.39, 0.29) is 5.91 Å². The Hall–Kier alpha value is -3.01. The molecular formula is C26H18ClNOS. The molecule has 0 unspecified atom stereocenters. The van der Waals surface area contributed by atoms with Gasteiger partial charge in [-0.15, -0.1) is 0 Å². The molecule has 5 rings (SSSR count). The van der Waals surface area contributed by atoms with Gasteiger partial charge in [-0.05, 0) is 41.5 Å². The van der Waals surface area contributed by atoms with Gasteiger partial charge in [0.05, 0.1) is 17.3 Å². The molecule has 30 heavy (non-hydrogen) atoms. The number of nitrogens with zero attached hydrogens (tertiary/aromatic N) is 1. The summed E-state index contributed by atoms with van der Waals surface area (Å²) in [6.07, 6.45) is 0. The number of halogens is 1. The highest BCUT2D eigenvalue weighted by molar-refractivity contribution is 7.99. The van der Waals surface area contributed by atoms with Crippen LogP contribution in [0.2, 0.25) is 5.02 Å². The van der Waals surface area contributed by atoms with E-state index in [1.165, 1.54) is 0 Å². The number of fused-ring (bicyclic) bond motifs is 2. The van der Waals surface area contributed by atoms with Gasteiger partial charge in [-0.1, -0.05) is 96.2 Å². The van der Waals surface area contributed by atoms with Crippen molar-refractivity contribution in [3.8, 4) is 0 Å². The minimum Gasteiger partial charge on any atom is -0.278 e. The summed E-state index contributed by atoms with van der Waals surface area (Å²) < 4.78 is 0. The molecule has 0 N–H and O–H groups in total. The van der Waals surface area contributed by atoms with Crippen molar-refractivity contribution in [2.24, 2.45) is 0 Å². The van der Waals surface area contributed by atoms with E-state index in [2.05, 4.69) is 6.07 Å². The Morgan fingerprint density at radius 2 is 1.27 bits per heavy atom. The van der Waals surface area contributed by atoms with Gasteiger partial charge in [-0.25, -0.2) is 0 Å². The van der Waals surface area contributed by atoms with Crippen LogP contribution in [-0.4, -0.2) is 5.91 Å². The van der Waals surface area contributed by atoms with Gasteiger partial charge in [0.15, 0.2) is 0 Å². The van der Waals surface area contributed by atoms with Gasteiger partial charge >= 0.3 is 0 Å². The molecule has 1 heterocycles. The Kier molecular flexibility index (Phi) is 5.07. The molecule has 0 spiro atoms. The molecular weight excluding hydrogens is 410 g/mol. The van der Waals surface area contributed by atoms with Gasteiger partial charge in [0, 0.05) is 14.8 Å². The van der Waals surface area contributed by atoms with E-state index < -0.39 is 5.92 Å². The molecule has 4 heteroatoms. The highest BCUT2D eigenvalue weighted by atomic mass is 35.5. The highest BCUT2D eigenvalue weighted by Crippen LogP contribution is 2.50. The second-order valence-electron chi connectivity index (χ2n) is 7.11. The number of benzene rings is 4. The first-order valence-corrected chi connectivity index (χ1v) is 10.9. The van der Waals surface area contributed by atoms with Crippen LogP contribution >= 0.6 is 23.4 Å². The van der Waals surface area contributed by atoms with E-state index in [1.54, 1.807) is 11.8 Å². The van der Waals surface area contributed by atoms with Crippen molar-refractivity contribution in [2.75, 3.05) is 4.90 Å². The molecule has 0 fully saturated rings. The first-order valence-electron chi connectivity index (χ1n) is 9.72. The van der Waals surface area contributed by atoms with Gasteiger partial charge in [0.1, 0.15) is 0 Å². The molecule has 146 valence electrons. The maximum absolute atomic E-state index is 14.2. The Morgan fingerprint density at radius 1 is 0.700 bits per heavy atom. The van der Waals surface area contributed by atoms with Crippen LogP contribution in [0.4, 0.5) is 11.4 Å². The first kappa shape index (κ1) is 19.0. The van der Waals surface area contributed by atoms with Crippen LogP contribution in [0.1, 0.15) is 17.0 Å². The van der Waals surface area contributed by atoms with Crippen molar-refractivity contribution in [3.63, 3.8) is 0 Å². The third kappa shape index (κ3) is 3.41. The fraction of sp³-hybridized carbons (Fsp3) is 0.0385. The number of hydrogen-bond donors (Lipinski definition) is 0. The number of rotatable bonds is 3. The van der Waals surface area contributed by atoms with Crippen molar-refractivity contribution < 1.29 is 4.79 Å². The zero-order chi connectivity index (χ0) is 20.5. The summed E-state index contributed by atoms with van der Waals surface area (Å²) in [4.78, 5) is 18.1. The molecule has 0 bridgehead atoms. The summed E-state index contributed by atoms with van der Waals surface area (Å²) in [6, 6.07) is 33.6.